The molecular formula is C31H32F3NO5S. The highest BCUT2D eigenvalue weighted by Gasteiger charge is 2.46. The Morgan fingerprint density at radius 2 is 1.76 bits per heavy atom. The zero-order chi connectivity index (χ0) is 29.5. The predicted octanol–water partition coefficient (Wildman–Crippen LogP) is 6.86. The lowest BCUT2D eigenvalue weighted by Crippen LogP contribution is -2.35. The summed E-state index contributed by atoms with van der Waals surface area (Å²) in [6.07, 6.45) is 0.551. The second kappa shape index (κ2) is 11.1. The van der Waals surface area contributed by atoms with E-state index in [9.17, 15) is 26.7 Å². The molecule has 6 nitrogen and oxygen atoms in total. The molecular weight excluding hydrogens is 555 g/mol. The fourth-order valence-electron chi connectivity index (χ4n) is 5.42. The van der Waals surface area contributed by atoms with Crippen LogP contribution in [0.2, 0.25) is 0 Å². The predicted molar refractivity (Wildman–Crippen MR) is 150 cm³/mol. The molecule has 0 bridgehead atoms. The molecule has 3 aromatic carbocycles. The van der Waals surface area contributed by atoms with Crippen LogP contribution >= 0.6 is 0 Å². The number of hydrogen-bond acceptors (Lipinski definition) is 6. The van der Waals surface area contributed by atoms with Gasteiger partial charge >= 0.3 is 5.51 Å². The Labute approximate surface area is 237 Å². The van der Waals surface area contributed by atoms with E-state index in [1.807, 2.05) is 31.2 Å². The molecule has 3 atom stereocenters. The molecule has 1 unspecified atom stereocenters. The van der Waals surface area contributed by atoms with E-state index in [-0.39, 0.29) is 11.8 Å². The van der Waals surface area contributed by atoms with Gasteiger partial charge in [-0.15, -0.1) is 0 Å². The number of phenolic OH excluding ortho intramolecular Hbond substituents is 1. The maximum absolute atomic E-state index is 13.1. The largest absolute Gasteiger partial charge is 0.508 e. The van der Waals surface area contributed by atoms with Crippen LogP contribution in [0, 0.1) is 5.92 Å². The van der Waals surface area contributed by atoms with Crippen molar-refractivity contribution in [3.8, 4) is 17.2 Å². The van der Waals surface area contributed by atoms with E-state index in [4.69, 9.17) is 9.47 Å². The van der Waals surface area contributed by atoms with Gasteiger partial charge in [0.2, 0.25) is 0 Å². The van der Waals surface area contributed by atoms with Crippen LogP contribution in [0.25, 0.3) is 11.1 Å². The van der Waals surface area contributed by atoms with Gasteiger partial charge in [0.25, 0.3) is 9.84 Å². The van der Waals surface area contributed by atoms with E-state index < -0.39 is 26.3 Å². The molecule has 2 aliphatic heterocycles. The SMILES string of the molecule is CC1=C(c2ccc(S(=O)(=O)C(F)(F)F)cc2)C(c2ccc(OC[C@H](C)N3CC[C@@H](C)C3)cc2)Oc2ccc(O)cc21. The van der Waals surface area contributed by atoms with Crippen molar-refractivity contribution in [3.05, 3.63) is 83.4 Å². The minimum atomic E-state index is -5.48. The van der Waals surface area contributed by atoms with Crippen LogP contribution in [0.1, 0.15) is 50.0 Å². The van der Waals surface area contributed by atoms with Crippen molar-refractivity contribution >= 4 is 21.0 Å². The Hall–Kier alpha value is -3.50. The first-order chi connectivity index (χ1) is 19.3. The van der Waals surface area contributed by atoms with Gasteiger partial charge in [-0.05, 0) is 91.9 Å². The van der Waals surface area contributed by atoms with Crippen LogP contribution < -0.4 is 9.47 Å². The van der Waals surface area contributed by atoms with Crippen LogP contribution in [0.5, 0.6) is 17.2 Å². The van der Waals surface area contributed by atoms with Crippen molar-refractivity contribution in [2.75, 3.05) is 19.7 Å². The highest BCUT2D eigenvalue weighted by molar-refractivity contribution is 7.92. The Morgan fingerprint density at radius 3 is 2.37 bits per heavy atom. The topological polar surface area (TPSA) is 76.1 Å². The molecule has 0 saturated carbocycles. The van der Waals surface area contributed by atoms with Crippen molar-refractivity contribution in [1.82, 2.24) is 4.90 Å². The Balaban J connectivity index is 1.44. The van der Waals surface area contributed by atoms with Crippen molar-refractivity contribution in [2.24, 2.45) is 5.92 Å². The summed E-state index contributed by atoms with van der Waals surface area (Å²) in [5.74, 6) is 1.98. The lowest BCUT2D eigenvalue weighted by molar-refractivity contribution is -0.0436. The molecule has 1 saturated heterocycles. The third-order valence-electron chi connectivity index (χ3n) is 7.81. The van der Waals surface area contributed by atoms with E-state index in [1.54, 1.807) is 12.1 Å². The summed E-state index contributed by atoms with van der Waals surface area (Å²) in [7, 11) is -5.48. The molecule has 0 amide bonds. The van der Waals surface area contributed by atoms with Gasteiger partial charge in [0, 0.05) is 23.7 Å². The molecule has 1 fully saturated rings. The normalized spacial score (nSPS) is 20.4. The number of hydrogen-bond donors (Lipinski definition) is 1. The number of halogens is 3. The fourth-order valence-corrected chi connectivity index (χ4v) is 6.18. The van der Waals surface area contributed by atoms with Crippen LogP contribution in [-0.4, -0.2) is 49.7 Å². The third-order valence-corrected chi connectivity index (χ3v) is 9.31. The molecule has 0 aliphatic carbocycles. The number of sulfone groups is 1. The van der Waals surface area contributed by atoms with E-state index in [0.717, 1.165) is 36.4 Å². The van der Waals surface area contributed by atoms with Crippen molar-refractivity contribution < 1.29 is 36.2 Å². The smallest absolute Gasteiger partial charge is 0.501 e. The van der Waals surface area contributed by atoms with Crippen molar-refractivity contribution in [2.45, 2.75) is 49.7 Å². The minimum Gasteiger partial charge on any atom is -0.508 e. The molecule has 2 heterocycles. The summed E-state index contributed by atoms with van der Waals surface area (Å²) in [5, 5.41) is 10.1. The second-order valence-electron chi connectivity index (χ2n) is 10.8. The van der Waals surface area contributed by atoms with Crippen LogP contribution in [-0.2, 0) is 9.84 Å². The fraction of sp³-hybridized carbons (Fsp3) is 0.355. The molecule has 2 aliphatic rings. The minimum absolute atomic E-state index is 0.0373. The molecule has 0 aromatic heterocycles. The van der Waals surface area contributed by atoms with Crippen molar-refractivity contribution in [3.63, 3.8) is 0 Å². The maximum atomic E-state index is 13.1. The van der Waals surface area contributed by atoms with Gasteiger partial charge in [0.15, 0.2) is 0 Å². The molecule has 41 heavy (non-hydrogen) atoms. The average Bonchev–Trinajstić information content (AvgIpc) is 3.38. The maximum Gasteiger partial charge on any atom is 0.501 e. The van der Waals surface area contributed by atoms with Gasteiger partial charge in [-0.2, -0.15) is 13.2 Å². The number of benzene rings is 3. The molecule has 0 spiro atoms. The summed E-state index contributed by atoms with van der Waals surface area (Å²) in [5.41, 5.74) is -2.11. The van der Waals surface area contributed by atoms with Crippen LogP contribution in [0.3, 0.4) is 0 Å². The van der Waals surface area contributed by atoms with Gasteiger partial charge in [-0.25, -0.2) is 8.42 Å². The number of allylic oxidation sites excluding steroid dienone is 1. The van der Waals surface area contributed by atoms with E-state index in [0.29, 0.717) is 40.7 Å². The van der Waals surface area contributed by atoms with E-state index >= 15 is 0 Å². The summed E-state index contributed by atoms with van der Waals surface area (Å²) < 4.78 is 75.5. The lowest BCUT2D eigenvalue weighted by Gasteiger charge is -2.31. The first kappa shape index (κ1) is 29.0. The Kier molecular flexibility index (Phi) is 7.82. The highest BCUT2D eigenvalue weighted by atomic mass is 32.2. The number of likely N-dealkylation sites (tertiary alicyclic amines) is 1. The van der Waals surface area contributed by atoms with E-state index in [1.165, 1.54) is 24.6 Å². The summed E-state index contributed by atoms with van der Waals surface area (Å²) in [6, 6.07) is 17.1. The number of rotatable bonds is 7. The molecule has 3 aromatic rings. The first-order valence-corrected chi connectivity index (χ1v) is 14.9. The number of fused-ring (bicyclic) bond motifs is 1. The van der Waals surface area contributed by atoms with E-state index in [2.05, 4.69) is 18.7 Å². The van der Waals surface area contributed by atoms with Gasteiger partial charge < -0.3 is 14.6 Å². The number of aromatic hydroxyl groups is 1. The Morgan fingerprint density at radius 1 is 1.07 bits per heavy atom. The molecule has 5 rings (SSSR count). The van der Waals surface area contributed by atoms with Gasteiger partial charge in [-0.1, -0.05) is 31.2 Å². The standard InChI is InChI=1S/C31H32F3NO5S/c1-19-14-15-35(17-19)20(2)18-39-25-9-4-23(5-10-25)30-29(21(3)27-16-24(36)8-13-28(27)40-30)22-6-11-26(12-7-22)41(37,38)31(32,33)34/h4-13,16,19-20,30,36H,14-15,17-18H2,1-3H3/t19-,20+,30?/m1/s1. The van der Waals surface area contributed by atoms with Crippen LogP contribution in [0.4, 0.5) is 13.2 Å². The zero-order valence-electron chi connectivity index (χ0n) is 23.0. The van der Waals surface area contributed by atoms with Gasteiger partial charge in [-0.3, -0.25) is 4.90 Å². The zero-order valence-corrected chi connectivity index (χ0v) is 23.8. The number of nitrogens with zero attached hydrogens (tertiary/aromatic N) is 1. The quantitative estimate of drug-likeness (QED) is 0.326. The number of ether oxygens (including phenoxy) is 2. The lowest BCUT2D eigenvalue weighted by atomic mass is 9.86. The molecule has 1 N–H and O–H groups in total. The van der Waals surface area contributed by atoms with Crippen LogP contribution in [0.15, 0.2) is 71.6 Å². The number of phenols is 1. The summed E-state index contributed by atoms with van der Waals surface area (Å²) >= 11 is 0. The van der Waals surface area contributed by atoms with Gasteiger partial charge in [0.1, 0.15) is 30.0 Å². The molecule has 0 radical (unpaired) electrons. The molecule has 10 heteroatoms. The Bertz CT molecular complexity index is 1550. The van der Waals surface area contributed by atoms with Gasteiger partial charge in [0.05, 0.1) is 4.90 Å². The highest BCUT2D eigenvalue weighted by Crippen LogP contribution is 2.47. The third kappa shape index (κ3) is 5.81. The molecule has 218 valence electrons. The van der Waals surface area contributed by atoms with Crippen molar-refractivity contribution in [1.29, 1.82) is 0 Å². The second-order valence-corrected chi connectivity index (χ2v) is 12.7. The number of alkyl halides is 3. The average molecular weight is 588 g/mol. The monoisotopic (exact) mass is 587 g/mol. The summed E-state index contributed by atoms with van der Waals surface area (Å²) in [6.45, 7) is 8.94. The first-order valence-electron chi connectivity index (χ1n) is 13.4. The summed E-state index contributed by atoms with van der Waals surface area (Å²) in [4.78, 5) is 1.59.